The van der Waals surface area contributed by atoms with Crippen LogP contribution in [0.1, 0.15) is 15.9 Å². The van der Waals surface area contributed by atoms with E-state index in [1.807, 2.05) is 0 Å². The molecule has 2 aromatic rings. The van der Waals surface area contributed by atoms with E-state index in [1.165, 1.54) is 25.3 Å². The highest BCUT2D eigenvalue weighted by molar-refractivity contribution is 6.32. The predicted octanol–water partition coefficient (Wildman–Crippen LogP) is 4.00. The molecule has 104 valence electrons. The molecule has 0 bridgehead atoms. The van der Waals surface area contributed by atoms with Crippen molar-refractivity contribution in [2.24, 2.45) is 0 Å². The zero-order chi connectivity index (χ0) is 14.9. The van der Waals surface area contributed by atoms with Gasteiger partial charge in [0, 0.05) is 5.56 Å². The molecule has 0 saturated carbocycles. The Morgan fingerprint density at radius 2 is 1.80 bits per heavy atom. The van der Waals surface area contributed by atoms with E-state index in [0.29, 0.717) is 6.07 Å². The zero-order valence-electron chi connectivity index (χ0n) is 10.2. The van der Waals surface area contributed by atoms with Crippen LogP contribution in [0.3, 0.4) is 0 Å². The van der Waals surface area contributed by atoms with E-state index in [4.69, 9.17) is 16.3 Å². The van der Waals surface area contributed by atoms with Crippen molar-refractivity contribution in [3.8, 4) is 5.75 Å². The molecule has 0 atom stereocenters. The summed E-state index contributed by atoms with van der Waals surface area (Å²) in [7, 11) is 1.35. The summed E-state index contributed by atoms with van der Waals surface area (Å²) in [6.45, 7) is 0. The second-order valence-electron chi connectivity index (χ2n) is 3.90. The fraction of sp³-hybridized carbons (Fsp3) is 0.0714. The Kier molecular flexibility index (Phi) is 3.99. The van der Waals surface area contributed by atoms with Gasteiger partial charge in [0.25, 0.3) is 0 Å². The first-order valence-electron chi connectivity index (χ1n) is 5.47. The fourth-order valence-corrected chi connectivity index (χ4v) is 1.85. The van der Waals surface area contributed by atoms with Gasteiger partial charge in [-0.2, -0.15) is 0 Å². The number of carbonyl (C=O) groups excluding carboxylic acids is 1. The van der Waals surface area contributed by atoms with Crippen LogP contribution in [-0.2, 0) is 0 Å². The number of methoxy groups -OCH3 is 1. The van der Waals surface area contributed by atoms with Crippen LogP contribution in [0.2, 0.25) is 5.02 Å². The minimum absolute atomic E-state index is 0.0520. The molecule has 0 fully saturated rings. The van der Waals surface area contributed by atoms with Crippen LogP contribution in [-0.4, -0.2) is 12.9 Å². The SMILES string of the molecule is COc1cc(C(=O)c2ccc(F)c(F)c2F)ccc1Cl. The lowest BCUT2D eigenvalue weighted by Gasteiger charge is -2.07. The molecule has 2 aromatic carbocycles. The molecule has 20 heavy (non-hydrogen) atoms. The Bertz CT molecular complexity index is 686. The maximum absolute atomic E-state index is 13.6. The van der Waals surface area contributed by atoms with Crippen molar-refractivity contribution in [1.82, 2.24) is 0 Å². The summed E-state index contributed by atoms with van der Waals surface area (Å²) >= 11 is 5.80. The number of ether oxygens (including phenoxy) is 1. The number of hydrogen-bond donors (Lipinski definition) is 0. The Balaban J connectivity index is 2.49. The van der Waals surface area contributed by atoms with Crippen molar-refractivity contribution in [2.75, 3.05) is 7.11 Å². The first-order valence-corrected chi connectivity index (χ1v) is 5.85. The number of carbonyl (C=O) groups is 1. The van der Waals surface area contributed by atoms with Gasteiger partial charge in [-0.1, -0.05) is 11.6 Å². The van der Waals surface area contributed by atoms with Gasteiger partial charge in [0.1, 0.15) is 5.75 Å². The van der Waals surface area contributed by atoms with Gasteiger partial charge >= 0.3 is 0 Å². The number of hydrogen-bond acceptors (Lipinski definition) is 2. The molecule has 0 spiro atoms. The van der Waals surface area contributed by atoms with Crippen LogP contribution in [0.15, 0.2) is 30.3 Å². The van der Waals surface area contributed by atoms with Crippen molar-refractivity contribution in [3.05, 3.63) is 63.9 Å². The molecule has 0 heterocycles. The second-order valence-corrected chi connectivity index (χ2v) is 4.31. The number of halogens is 4. The molecule has 6 heteroatoms. The van der Waals surface area contributed by atoms with Crippen molar-refractivity contribution in [1.29, 1.82) is 0 Å². The van der Waals surface area contributed by atoms with Crippen molar-refractivity contribution >= 4 is 17.4 Å². The third-order valence-electron chi connectivity index (χ3n) is 2.69. The van der Waals surface area contributed by atoms with Crippen LogP contribution >= 0.6 is 11.6 Å². The monoisotopic (exact) mass is 300 g/mol. The highest BCUT2D eigenvalue weighted by atomic mass is 35.5. The third kappa shape index (κ3) is 2.49. The fourth-order valence-electron chi connectivity index (χ4n) is 1.66. The molecule has 2 rings (SSSR count). The van der Waals surface area contributed by atoms with Gasteiger partial charge in [-0.3, -0.25) is 4.79 Å². The van der Waals surface area contributed by atoms with E-state index in [9.17, 15) is 18.0 Å². The standard InChI is InChI=1S/C14H8ClF3O2/c1-20-11-6-7(2-4-9(11)15)14(19)8-3-5-10(16)13(18)12(8)17/h2-6H,1H3. The second kappa shape index (κ2) is 5.54. The van der Waals surface area contributed by atoms with Crippen LogP contribution in [0, 0.1) is 17.5 Å². The Labute approximate surface area is 117 Å². The molecule has 0 N–H and O–H groups in total. The van der Waals surface area contributed by atoms with Gasteiger partial charge < -0.3 is 4.74 Å². The van der Waals surface area contributed by atoms with Gasteiger partial charge in [-0.05, 0) is 30.3 Å². The lowest BCUT2D eigenvalue weighted by Crippen LogP contribution is -2.07. The van der Waals surface area contributed by atoms with Crippen molar-refractivity contribution in [3.63, 3.8) is 0 Å². The summed E-state index contributed by atoms with van der Waals surface area (Å²) in [6, 6.07) is 5.61. The van der Waals surface area contributed by atoms with Crippen LogP contribution < -0.4 is 4.74 Å². The van der Waals surface area contributed by atoms with Gasteiger partial charge in [-0.25, -0.2) is 13.2 Å². The lowest BCUT2D eigenvalue weighted by molar-refractivity contribution is 0.103. The third-order valence-corrected chi connectivity index (χ3v) is 3.01. The first kappa shape index (κ1) is 14.4. The topological polar surface area (TPSA) is 26.3 Å². The van der Waals surface area contributed by atoms with Crippen molar-refractivity contribution < 1.29 is 22.7 Å². The largest absolute Gasteiger partial charge is 0.495 e. The lowest BCUT2D eigenvalue weighted by atomic mass is 10.0. The summed E-state index contributed by atoms with van der Waals surface area (Å²) < 4.78 is 44.5. The molecule has 0 saturated heterocycles. The molecular weight excluding hydrogens is 293 g/mol. The van der Waals surface area contributed by atoms with E-state index in [0.717, 1.165) is 6.07 Å². The number of rotatable bonds is 3. The van der Waals surface area contributed by atoms with Crippen LogP contribution in [0.4, 0.5) is 13.2 Å². The van der Waals surface area contributed by atoms with Gasteiger partial charge in [0.15, 0.2) is 23.2 Å². The minimum Gasteiger partial charge on any atom is -0.495 e. The van der Waals surface area contributed by atoms with Gasteiger partial charge in [0.05, 0.1) is 17.7 Å². The Hall–Kier alpha value is -2.01. The number of ketones is 1. The van der Waals surface area contributed by atoms with E-state index in [-0.39, 0.29) is 16.3 Å². The van der Waals surface area contributed by atoms with Crippen LogP contribution in [0.25, 0.3) is 0 Å². The summed E-state index contributed by atoms with van der Waals surface area (Å²) in [5, 5.41) is 0.273. The Morgan fingerprint density at radius 3 is 2.45 bits per heavy atom. The van der Waals surface area contributed by atoms with Crippen molar-refractivity contribution in [2.45, 2.75) is 0 Å². The van der Waals surface area contributed by atoms with E-state index in [2.05, 4.69) is 0 Å². The first-order chi connectivity index (χ1) is 9.45. The maximum Gasteiger partial charge on any atom is 0.196 e. The molecule has 2 nitrogen and oxygen atoms in total. The molecule has 0 amide bonds. The smallest absolute Gasteiger partial charge is 0.196 e. The highest BCUT2D eigenvalue weighted by Crippen LogP contribution is 2.27. The highest BCUT2D eigenvalue weighted by Gasteiger charge is 2.20. The maximum atomic E-state index is 13.6. The van der Waals surface area contributed by atoms with E-state index in [1.54, 1.807) is 0 Å². The summed E-state index contributed by atoms with van der Waals surface area (Å²) in [6.07, 6.45) is 0. The minimum atomic E-state index is -1.68. The quantitative estimate of drug-likeness (QED) is 0.633. The predicted molar refractivity (Wildman–Crippen MR) is 67.8 cm³/mol. The molecule has 0 aromatic heterocycles. The molecule has 0 aliphatic heterocycles. The molecule has 0 radical (unpaired) electrons. The average Bonchev–Trinajstić information content (AvgIpc) is 2.45. The molecule has 0 unspecified atom stereocenters. The van der Waals surface area contributed by atoms with E-state index >= 15 is 0 Å². The average molecular weight is 301 g/mol. The number of benzene rings is 2. The summed E-state index contributed by atoms with van der Waals surface area (Å²) in [5.41, 5.74) is -0.510. The molecule has 0 aliphatic rings. The molecule has 0 aliphatic carbocycles. The Morgan fingerprint density at radius 1 is 1.10 bits per heavy atom. The summed E-state index contributed by atoms with van der Waals surface area (Å²) in [4.78, 5) is 12.1. The van der Waals surface area contributed by atoms with Gasteiger partial charge in [0.2, 0.25) is 0 Å². The normalized spacial score (nSPS) is 10.4. The van der Waals surface area contributed by atoms with Gasteiger partial charge in [-0.15, -0.1) is 0 Å². The molecular formula is C14H8ClF3O2. The van der Waals surface area contributed by atoms with E-state index < -0.39 is 28.8 Å². The zero-order valence-corrected chi connectivity index (χ0v) is 11.0. The summed E-state index contributed by atoms with van der Waals surface area (Å²) in [5.74, 6) is -5.13. The van der Waals surface area contributed by atoms with Crippen LogP contribution in [0.5, 0.6) is 5.75 Å².